The fourth-order valence-electron chi connectivity index (χ4n) is 1.74. The van der Waals surface area contributed by atoms with Crippen LogP contribution in [0.25, 0.3) is 0 Å². The topological polar surface area (TPSA) is 120 Å². The van der Waals surface area contributed by atoms with E-state index < -0.39 is 6.10 Å². The van der Waals surface area contributed by atoms with Crippen molar-refractivity contribution in [1.82, 2.24) is 0 Å². The van der Waals surface area contributed by atoms with Crippen molar-refractivity contribution >= 4 is 0 Å². The van der Waals surface area contributed by atoms with Gasteiger partial charge in [-0.15, -0.1) is 0 Å². The Bertz CT molecular complexity index is 546. The predicted octanol–water partition coefficient (Wildman–Crippen LogP) is 1.33. The summed E-state index contributed by atoms with van der Waals surface area (Å²) in [6, 6.07) is 7.48. The van der Waals surface area contributed by atoms with Gasteiger partial charge in [-0.05, 0) is 0 Å². The lowest BCUT2D eigenvalue weighted by atomic mass is 10.3. The van der Waals surface area contributed by atoms with Gasteiger partial charge in [0.25, 0.3) is 0 Å². The molecule has 0 amide bonds. The Balaban J connectivity index is 1.83. The zero-order valence-electron chi connectivity index (χ0n) is 11.5. The zero-order chi connectivity index (χ0) is 16.1. The molecule has 0 aliphatic heterocycles. The minimum absolute atomic E-state index is 0.131. The number of benzene rings is 2. The summed E-state index contributed by atoms with van der Waals surface area (Å²) < 4.78 is 10.4. The summed E-state index contributed by atoms with van der Waals surface area (Å²) in [5.74, 6) is -0.225. The molecule has 0 atom stereocenters. The second-order valence-corrected chi connectivity index (χ2v) is 4.65. The first kappa shape index (κ1) is 15.6. The molecule has 0 fully saturated rings. The van der Waals surface area contributed by atoms with Crippen molar-refractivity contribution < 1.29 is 35.0 Å². The van der Waals surface area contributed by atoms with Gasteiger partial charge in [-0.1, -0.05) is 0 Å². The Labute approximate surface area is 126 Å². The molecule has 2 aromatic carbocycles. The summed E-state index contributed by atoms with van der Waals surface area (Å²) in [7, 11) is 0. The fraction of sp³-hybridized carbons (Fsp3) is 0.200. The van der Waals surface area contributed by atoms with E-state index in [1.54, 1.807) is 0 Å². The molecule has 2 rings (SSSR count). The van der Waals surface area contributed by atoms with Crippen LogP contribution in [0.5, 0.6) is 34.5 Å². The Morgan fingerprint density at radius 1 is 0.636 bits per heavy atom. The maximum Gasteiger partial charge on any atom is 0.126 e. The Kier molecular flexibility index (Phi) is 4.80. The molecular weight excluding hydrogens is 292 g/mol. The molecule has 0 radical (unpaired) electrons. The monoisotopic (exact) mass is 308 g/mol. The van der Waals surface area contributed by atoms with Crippen molar-refractivity contribution in [2.45, 2.75) is 6.10 Å². The molecule has 7 heteroatoms. The summed E-state index contributed by atoms with van der Waals surface area (Å²) in [4.78, 5) is 0. The number of ether oxygens (including phenoxy) is 2. The highest BCUT2D eigenvalue weighted by atomic mass is 16.5. The zero-order valence-corrected chi connectivity index (χ0v) is 11.5. The van der Waals surface area contributed by atoms with Crippen LogP contribution in [0.15, 0.2) is 36.4 Å². The van der Waals surface area contributed by atoms with E-state index in [4.69, 9.17) is 9.47 Å². The van der Waals surface area contributed by atoms with Crippen LogP contribution in [-0.4, -0.2) is 44.9 Å². The van der Waals surface area contributed by atoms with Crippen LogP contribution in [0.4, 0.5) is 0 Å². The lowest BCUT2D eigenvalue weighted by molar-refractivity contribution is 0.0623. The van der Waals surface area contributed by atoms with Crippen LogP contribution in [0.3, 0.4) is 0 Å². The van der Waals surface area contributed by atoms with E-state index in [0.717, 1.165) is 12.1 Å². The van der Waals surface area contributed by atoms with Crippen LogP contribution in [0.2, 0.25) is 0 Å². The second kappa shape index (κ2) is 6.77. The summed E-state index contributed by atoms with van der Waals surface area (Å²) in [6.07, 6.45) is -0.992. The summed E-state index contributed by atoms with van der Waals surface area (Å²) >= 11 is 0. The number of phenolic OH excluding ortho intramolecular Hbond substituents is 4. The molecule has 0 aromatic heterocycles. The minimum Gasteiger partial charge on any atom is -0.508 e. The summed E-state index contributed by atoms with van der Waals surface area (Å²) in [6.45, 7) is -0.263. The molecule has 0 saturated carbocycles. The third-order valence-corrected chi connectivity index (χ3v) is 2.64. The summed E-state index contributed by atoms with van der Waals surface area (Å²) in [5.41, 5.74) is 0. The van der Waals surface area contributed by atoms with E-state index in [9.17, 15) is 25.5 Å². The van der Waals surface area contributed by atoms with Gasteiger partial charge in [-0.3, -0.25) is 0 Å². The first-order valence-electron chi connectivity index (χ1n) is 6.42. The molecule has 0 aliphatic rings. The van der Waals surface area contributed by atoms with Gasteiger partial charge in [0.05, 0.1) is 0 Å². The minimum atomic E-state index is -0.992. The number of phenols is 4. The highest BCUT2D eigenvalue weighted by molar-refractivity contribution is 5.41. The van der Waals surface area contributed by atoms with Crippen LogP contribution >= 0.6 is 0 Å². The normalized spacial score (nSPS) is 10.6. The van der Waals surface area contributed by atoms with E-state index in [2.05, 4.69) is 0 Å². The Hall–Kier alpha value is -2.80. The van der Waals surface area contributed by atoms with Crippen molar-refractivity contribution in [2.75, 3.05) is 13.2 Å². The van der Waals surface area contributed by atoms with Gasteiger partial charge in [-0.2, -0.15) is 0 Å². The van der Waals surface area contributed by atoms with Crippen LogP contribution in [0.1, 0.15) is 0 Å². The molecule has 0 saturated heterocycles. The molecule has 0 spiro atoms. The standard InChI is InChI=1S/C15H16O7/c16-9-1-10(17)4-14(3-9)21-7-13(20)8-22-15-5-11(18)2-12(19)6-15/h1-6,13,16-20H,7-8H2. The van der Waals surface area contributed by atoms with Gasteiger partial charge in [-0.25, -0.2) is 0 Å². The maximum absolute atomic E-state index is 9.75. The molecule has 0 aliphatic carbocycles. The number of rotatable bonds is 6. The number of aliphatic hydroxyl groups excluding tert-OH is 1. The number of aliphatic hydroxyl groups is 1. The van der Waals surface area contributed by atoms with E-state index in [-0.39, 0.29) is 47.7 Å². The van der Waals surface area contributed by atoms with E-state index >= 15 is 0 Å². The highest BCUT2D eigenvalue weighted by Gasteiger charge is 2.09. The third-order valence-electron chi connectivity index (χ3n) is 2.64. The quantitative estimate of drug-likeness (QED) is 0.546. The predicted molar refractivity (Wildman–Crippen MR) is 76.5 cm³/mol. The highest BCUT2D eigenvalue weighted by Crippen LogP contribution is 2.27. The second-order valence-electron chi connectivity index (χ2n) is 4.65. The maximum atomic E-state index is 9.75. The molecule has 22 heavy (non-hydrogen) atoms. The van der Waals surface area contributed by atoms with E-state index in [1.807, 2.05) is 0 Å². The van der Waals surface area contributed by atoms with Gasteiger partial charge in [0, 0.05) is 36.4 Å². The first-order chi connectivity index (χ1) is 10.4. The summed E-state index contributed by atoms with van der Waals surface area (Å²) in [5, 5.41) is 46.9. The molecule has 5 N–H and O–H groups in total. The molecule has 7 nitrogen and oxygen atoms in total. The third kappa shape index (κ3) is 4.64. The smallest absolute Gasteiger partial charge is 0.126 e. The molecule has 0 bridgehead atoms. The Morgan fingerprint density at radius 2 is 0.955 bits per heavy atom. The number of hydrogen-bond acceptors (Lipinski definition) is 7. The molecule has 0 heterocycles. The van der Waals surface area contributed by atoms with Gasteiger partial charge in [0.15, 0.2) is 0 Å². The average Bonchev–Trinajstić information content (AvgIpc) is 2.41. The fourth-order valence-corrected chi connectivity index (χ4v) is 1.74. The average molecular weight is 308 g/mol. The lowest BCUT2D eigenvalue weighted by Crippen LogP contribution is -2.25. The van der Waals surface area contributed by atoms with Crippen molar-refractivity contribution in [3.63, 3.8) is 0 Å². The lowest BCUT2D eigenvalue weighted by Gasteiger charge is -2.14. The largest absolute Gasteiger partial charge is 0.508 e. The van der Waals surface area contributed by atoms with E-state index in [1.165, 1.54) is 24.3 Å². The van der Waals surface area contributed by atoms with Crippen molar-refractivity contribution in [2.24, 2.45) is 0 Å². The van der Waals surface area contributed by atoms with Gasteiger partial charge >= 0.3 is 0 Å². The van der Waals surface area contributed by atoms with Crippen LogP contribution in [0, 0.1) is 0 Å². The van der Waals surface area contributed by atoms with Crippen LogP contribution < -0.4 is 9.47 Å². The first-order valence-corrected chi connectivity index (χ1v) is 6.42. The SMILES string of the molecule is Oc1cc(O)cc(OCC(O)COc2cc(O)cc(O)c2)c1. The number of hydrogen-bond donors (Lipinski definition) is 5. The van der Waals surface area contributed by atoms with Crippen molar-refractivity contribution in [3.8, 4) is 34.5 Å². The number of aromatic hydroxyl groups is 4. The van der Waals surface area contributed by atoms with Gasteiger partial charge in [0.2, 0.25) is 0 Å². The Morgan fingerprint density at radius 3 is 1.27 bits per heavy atom. The van der Waals surface area contributed by atoms with E-state index in [0.29, 0.717) is 0 Å². The molecule has 0 unspecified atom stereocenters. The molecule has 118 valence electrons. The van der Waals surface area contributed by atoms with Crippen molar-refractivity contribution in [1.29, 1.82) is 0 Å². The molecular formula is C15H16O7. The van der Waals surface area contributed by atoms with Crippen molar-refractivity contribution in [3.05, 3.63) is 36.4 Å². The molecule has 2 aromatic rings. The van der Waals surface area contributed by atoms with Gasteiger partial charge in [0.1, 0.15) is 53.8 Å². The van der Waals surface area contributed by atoms with Crippen LogP contribution in [-0.2, 0) is 0 Å². The van der Waals surface area contributed by atoms with Gasteiger partial charge < -0.3 is 35.0 Å².